The number of aliphatic hydroxyl groups is 4. The van der Waals surface area contributed by atoms with E-state index in [-0.39, 0.29) is 19.3 Å². The van der Waals surface area contributed by atoms with E-state index in [9.17, 15) is 20.4 Å². The van der Waals surface area contributed by atoms with Gasteiger partial charge in [-0.15, -0.1) is 0 Å². The van der Waals surface area contributed by atoms with Crippen LogP contribution in [-0.2, 0) is 0 Å². The molecule has 0 rings (SSSR count). The molecule has 4 unspecified atom stereocenters. The largest absolute Gasteiger partial charge is 0.396 e. The maximum absolute atomic E-state index is 9.81. The second-order valence-corrected chi connectivity index (χ2v) is 28.3. The summed E-state index contributed by atoms with van der Waals surface area (Å²) in [7, 11) is 0. The summed E-state index contributed by atoms with van der Waals surface area (Å²) in [5, 5.41) is 37.7. The molecule has 4 atom stereocenters. The van der Waals surface area contributed by atoms with Gasteiger partial charge in [0.2, 0.25) is 0 Å². The molecule has 0 spiro atoms. The van der Waals surface area contributed by atoms with Crippen molar-refractivity contribution in [1.82, 2.24) is 0 Å². The van der Waals surface area contributed by atoms with Gasteiger partial charge in [0.05, 0.1) is 6.10 Å². The third-order valence-corrected chi connectivity index (χ3v) is 9.89. The van der Waals surface area contributed by atoms with Gasteiger partial charge in [0.1, 0.15) is 0 Å². The highest BCUT2D eigenvalue weighted by molar-refractivity contribution is 4.93. The minimum Gasteiger partial charge on any atom is -0.396 e. The van der Waals surface area contributed by atoms with Crippen LogP contribution in [0.1, 0.15) is 250 Å². The minimum atomic E-state index is -0.0911. The molecule has 0 aromatic carbocycles. The van der Waals surface area contributed by atoms with Crippen LogP contribution in [0.3, 0.4) is 0 Å². The Hall–Kier alpha value is -0.680. The Morgan fingerprint density at radius 2 is 0.667 bits per heavy atom. The van der Waals surface area contributed by atoms with Crippen LogP contribution in [0.4, 0.5) is 0 Å². The highest BCUT2D eigenvalue weighted by atomic mass is 16.3. The fourth-order valence-corrected chi connectivity index (χ4v) is 6.85. The summed E-state index contributed by atoms with van der Waals surface area (Å²) in [6.45, 7) is 54.6. The first kappa shape index (κ1) is 65.9. The van der Waals surface area contributed by atoms with Crippen molar-refractivity contribution in [2.75, 3.05) is 19.8 Å². The Labute approximate surface area is 380 Å². The van der Waals surface area contributed by atoms with E-state index in [1.54, 1.807) is 0 Å². The molecule has 0 saturated carbocycles. The molecule has 4 N–H and O–H groups in total. The fourth-order valence-electron chi connectivity index (χ4n) is 6.85. The zero-order valence-electron chi connectivity index (χ0n) is 45.7. The van der Waals surface area contributed by atoms with Gasteiger partial charge in [-0.1, -0.05) is 203 Å². The predicted octanol–water partition coefficient (Wildman–Crippen LogP) is 16.7. The molecule has 0 amide bonds. The summed E-state index contributed by atoms with van der Waals surface area (Å²) in [6, 6.07) is 0. The minimum absolute atomic E-state index is 0.0911. The van der Waals surface area contributed by atoms with Crippen molar-refractivity contribution in [3.8, 4) is 0 Å². The molecule has 364 valence electrons. The lowest BCUT2D eigenvalue weighted by Gasteiger charge is -2.26. The topological polar surface area (TPSA) is 80.9 Å². The molecule has 4 nitrogen and oxygen atoms in total. The lowest BCUT2D eigenvalue weighted by atomic mass is 9.81. The third-order valence-electron chi connectivity index (χ3n) is 9.89. The molecule has 0 aliphatic carbocycles. The van der Waals surface area contributed by atoms with Crippen molar-refractivity contribution in [2.24, 2.45) is 61.1 Å². The van der Waals surface area contributed by atoms with E-state index in [2.05, 4.69) is 190 Å². The fraction of sp³-hybridized carbons (Fsp3) is 0.929. The van der Waals surface area contributed by atoms with Gasteiger partial charge < -0.3 is 20.4 Å². The maximum atomic E-state index is 9.81. The molecule has 0 saturated heterocycles. The van der Waals surface area contributed by atoms with Crippen LogP contribution in [0.2, 0.25) is 0 Å². The second kappa shape index (κ2) is 30.5. The average Bonchev–Trinajstić information content (AvgIpc) is 2.99. The number of hydrogen-bond acceptors (Lipinski definition) is 4. The molecule has 4 heteroatoms. The Balaban J connectivity index is -0.000000348. The van der Waals surface area contributed by atoms with Crippen molar-refractivity contribution in [1.29, 1.82) is 0 Å². The number of hydrogen-bond donors (Lipinski definition) is 4. The third kappa shape index (κ3) is 61.6. The van der Waals surface area contributed by atoms with Crippen molar-refractivity contribution < 1.29 is 20.4 Å². The Kier molecular flexibility index (Phi) is 33.5. The summed E-state index contributed by atoms with van der Waals surface area (Å²) in [5.41, 5.74) is 2.81. The molecular weight excluding hydrogens is 737 g/mol. The van der Waals surface area contributed by atoms with E-state index >= 15 is 0 Å². The predicted molar refractivity (Wildman–Crippen MR) is 272 cm³/mol. The van der Waals surface area contributed by atoms with Crippen LogP contribution in [0.25, 0.3) is 0 Å². The summed E-state index contributed by atoms with van der Waals surface area (Å²) >= 11 is 0. The zero-order chi connectivity index (χ0) is 48.5. The molecule has 0 heterocycles. The van der Waals surface area contributed by atoms with Gasteiger partial charge in [0.25, 0.3) is 0 Å². The van der Waals surface area contributed by atoms with Gasteiger partial charge in [-0.05, 0) is 120 Å². The first-order valence-electron chi connectivity index (χ1n) is 24.4. The smallest absolute Gasteiger partial charge is 0.0540 e. The van der Waals surface area contributed by atoms with E-state index < -0.39 is 0 Å². The molecule has 60 heavy (non-hydrogen) atoms. The average molecular weight is 854 g/mol. The first-order valence-corrected chi connectivity index (χ1v) is 24.4. The Morgan fingerprint density at radius 1 is 0.350 bits per heavy atom. The van der Waals surface area contributed by atoms with Crippen molar-refractivity contribution in [2.45, 2.75) is 256 Å². The van der Waals surface area contributed by atoms with Crippen LogP contribution in [-0.4, -0.2) is 46.4 Å². The highest BCUT2D eigenvalue weighted by Gasteiger charge is 2.20. The van der Waals surface area contributed by atoms with E-state index in [1.165, 1.54) is 25.7 Å². The van der Waals surface area contributed by atoms with Gasteiger partial charge >= 0.3 is 0 Å². The Morgan fingerprint density at radius 3 is 0.917 bits per heavy atom. The summed E-state index contributed by atoms with van der Waals surface area (Å²) in [5.74, 6) is 1.12. The summed E-state index contributed by atoms with van der Waals surface area (Å²) in [6.07, 6.45) is 23.1. The summed E-state index contributed by atoms with van der Waals surface area (Å²) < 4.78 is 0. The molecule has 0 fully saturated rings. The van der Waals surface area contributed by atoms with Gasteiger partial charge in [-0.25, -0.2) is 0 Å². The molecule has 0 aliphatic rings. The standard InChI is InChI=1S/2C14H30O.2C14H28O/c1-13(2,3)10-7-8-12(15)9-11-14(4,5)6;3*1-13(2,3)9-7-8-12(11-15)10-14(4,5)6/h2*12,15H,7-11H2,1-6H3;2*7-8,12,15H,9-11H2,1-6H3/b;;8-7+;8-7-. The molecule has 0 aliphatic heterocycles. The zero-order valence-corrected chi connectivity index (χ0v) is 45.7. The summed E-state index contributed by atoms with van der Waals surface area (Å²) in [4.78, 5) is 0. The van der Waals surface area contributed by atoms with Gasteiger partial charge in [0, 0.05) is 31.7 Å². The SMILES string of the molecule is CC(C)(C)C/C=C/C(CO)CC(C)(C)C.CC(C)(C)C/C=C\C(CO)CC(C)(C)C.CC(C)(C)CCCC(CO)CC(C)(C)C.CC(C)(C)CCCC(O)CCC(C)(C)C. The highest BCUT2D eigenvalue weighted by Crippen LogP contribution is 2.31. The second-order valence-electron chi connectivity index (χ2n) is 28.3. The van der Waals surface area contributed by atoms with Gasteiger partial charge in [0.15, 0.2) is 0 Å². The van der Waals surface area contributed by atoms with Crippen molar-refractivity contribution in [3.63, 3.8) is 0 Å². The normalized spacial score (nSPS) is 15.7. The number of rotatable bonds is 18. The van der Waals surface area contributed by atoms with Crippen LogP contribution >= 0.6 is 0 Å². The van der Waals surface area contributed by atoms with E-state index in [4.69, 9.17) is 0 Å². The van der Waals surface area contributed by atoms with E-state index in [1.807, 2.05) is 0 Å². The molecular formula is C56H116O4. The monoisotopic (exact) mass is 853 g/mol. The van der Waals surface area contributed by atoms with Gasteiger partial charge in [-0.2, -0.15) is 0 Å². The van der Waals surface area contributed by atoms with E-state index in [0.717, 1.165) is 57.8 Å². The molecule has 0 aromatic rings. The van der Waals surface area contributed by atoms with Crippen LogP contribution in [0.15, 0.2) is 24.3 Å². The number of aliphatic hydroxyl groups excluding tert-OH is 4. The van der Waals surface area contributed by atoms with Crippen LogP contribution in [0.5, 0.6) is 0 Å². The van der Waals surface area contributed by atoms with E-state index in [0.29, 0.717) is 67.7 Å². The van der Waals surface area contributed by atoms with Gasteiger partial charge in [-0.3, -0.25) is 0 Å². The van der Waals surface area contributed by atoms with Crippen molar-refractivity contribution >= 4 is 0 Å². The lowest BCUT2D eigenvalue weighted by Crippen LogP contribution is -2.17. The lowest BCUT2D eigenvalue weighted by molar-refractivity contribution is 0.130. The van der Waals surface area contributed by atoms with Crippen LogP contribution in [0, 0.1) is 61.1 Å². The maximum Gasteiger partial charge on any atom is 0.0540 e. The van der Waals surface area contributed by atoms with Crippen LogP contribution < -0.4 is 0 Å². The quantitative estimate of drug-likeness (QED) is 0.104. The Bertz CT molecular complexity index is 996. The number of allylic oxidation sites excluding steroid dienone is 2. The molecule has 0 radical (unpaired) electrons. The van der Waals surface area contributed by atoms with Crippen molar-refractivity contribution in [3.05, 3.63) is 24.3 Å². The molecule has 0 aromatic heterocycles. The first-order chi connectivity index (χ1) is 26.5. The molecule has 0 bridgehead atoms.